The predicted molar refractivity (Wildman–Crippen MR) is 92.0 cm³/mol. The minimum absolute atomic E-state index is 0.0743. The molecule has 1 saturated heterocycles. The van der Waals surface area contributed by atoms with Gasteiger partial charge in [-0.3, -0.25) is 0 Å². The van der Waals surface area contributed by atoms with E-state index < -0.39 is 0 Å². The SMILES string of the molecule is O=C(Nc1ccccc1-c1cn2c(n1)CCCC2)N1CCOCC1. The van der Waals surface area contributed by atoms with Gasteiger partial charge in [0.25, 0.3) is 0 Å². The first-order chi connectivity index (χ1) is 11.8. The zero-order chi connectivity index (χ0) is 16.4. The number of benzene rings is 1. The van der Waals surface area contributed by atoms with Gasteiger partial charge >= 0.3 is 6.03 Å². The second-order valence-corrected chi connectivity index (χ2v) is 6.27. The maximum absolute atomic E-state index is 12.5. The third kappa shape index (κ3) is 3.01. The first-order valence-corrected chi connectivity index (χ1v) is 8.60. The molecule has 3 heterocycles. The van der Waals surface area contributed by atoms with Crippen LogP contribution >= 0.6 is 0 Å². The van der Waals surface area contributed by atoms with Gasteiger partial charge in [0.05, 0.1) is 24.6 Å². The first-order valence-electron chi connectivity index (χ1n) is 8.60. The molecule has 126 valence electrons. The quantitative estimate of drug-likeness (QED) is 0.923. The lowest BCUT2D eigenvalue weighted by Crippen LogP contribution is -2.43. The number of morpholine rings is 1. The van der Waals surface area contributed by atoms with Crippen molar-refractivity contribution in [3.8, 4) is 11.3 Å². The fourth-order valence-electron chi connectivity index (χ4n) is 3.32. The normalized spacial score (nSPS) is 17.4. The number of anilines is 1. The van der Waals surface area contributed by atoms with Gasteiger partial charge in [0.2, 0.25) is 0 Å². The molecule has 1 aromatic heterocycles. The van der Waals surface area contributed by atoms with Gasteiger partial charge in [0, 0.05) is 37.8 Å². The van der Waals surface area contributed by atoms with E-state index in [-0.39, 0.29) is 6.03 Å². The molecule has 0 atom stereocenters. The summed E-state index contributed by atoms with van der Waals surface area (Å²) in [5.41, 5.74) is 2.72. The Labute approximate surface area is 141 Å². The van der Waals surface area contributed by atoms with Crippen molar-refractivity contribution in [1.29, 1.82) is 0 Å². The number of imidazole rings is 1. The van der Waals surface area contributed by atoms with E-state index in [2.05, 4.69) is 16.1 Å². The van der Waals surface area contributed by atoms with Crippen LogP contribution in [0.2, 0.25) is 0 Å². The maximum atomic E-state index is 12.5. The van der Waals surface area contributed by atoms with E-state index in [0.717, 1.165) is 35.7 Å². The highest BCUT2D eigenvalue weighted by Crippen LogP contribution is 2.29. The number of fused-ring (bicyclic) bond motifs is 1. The standard InChI is InChI=1S/C18H22N4O2/c23-18(21-9-11-24-12-10-21)20-15-6-2-1-5-14(15)16-13-22-8-4-3-7-17(22)19-16/h1-2,5-6,13H,3-4,7-12H2,(H,20,23). The molecule has 4 rings (SSSR count). The third-order valence-corrected chi connectivity index (χ3v) is 4.65. The molecule has 2 aliphatic rings. The van der Waals surface area contributed by atoms with Crippen molar-refractivity contribution in [2.24, 2.45) is 0 Å². The highest BCUT2D eigenvalue weighted by atomic mass is 16.5. The van der Waals surface area contributed by atoms with Crippen molar-refractivity contribution in [2.45, 2.75) is 25.8 Å². The van der Waals surface area contributed by atoms with Crippen molar-refractivity contribution in [3.05, 3.63) is 36.3 Å². The molecule has 2 aromatic rings. The number of aromatic nitrogens is 2. The van der Waals surface area contributed by atoms with Gasteiger partial charge in [-0.1, -0.05) is 18.2 Å². The molecule has 0 unspecified atom stereocenters. The summed E-state index contributed by atoms with van der Waals surface area (Å²) in [6.45, 7) is 3.50. The molecule has 1 aromatic carbocycles. The van der Waals surface area contributed by atoms with Crippen LogP contribution in [0.25, 0.3) is 11.3 Å². The number of amides is 2. The van der Waals surface area contributed by atoms with E-state index in [1.54, 1.807) is 4.90 Å². The fraction of sp³-hybridized carbons (Fsp3) is 0.444. The molecule has 0 bridgehead atoms. The Morgan fingerprint density at radius 2 is 1.96 bits per heavy atom. The summed E-state index contributed by atoms with van der Waals surface area (Å²) in [4.78, 5) is 19.0. The molecule has 6 heteroatoms. The number of carbonyl (C=O) groups excluding carboxylic acids is 1. The summed E-state index contributed by atoms with van der Waals surface area (Å²) in [5, 5.41) is 3.04. The average molecular weight is 326 g/mol. The van der Waals surface area contributed by atoms with Crippen molar-refractivity contribution >= 4 is 11.7 Å². The highest BCUT2D eigenvalue weighted by molar-refractivity contribution is 5.94. The molecule has 0 radical (unpaired) electrons. The second kappa shape index (κ2) is 6.65. The Hall–Kier alpha value is -2.34. The van der Waals surface area contributed by atoms with Gasteiger partial charge in [-0.15, -0.1) is 0 Å². The second-order valence-electron chi connectivity index (χ2n) is 6.27. The number of urea groups is 1. The summed E-state index contributed by atoms with van der Waals surface area (Å²) in [6.07, 6.45) is 5.54. The third-order valence-electron chi connectivity index (χ3n) is 4.65. The van der Waals surface area contributed by atoms with Crippen LogP contribution in [0, 0.1) is 0 Å². The lowest BCUT2D eigenvalue weighted by Gasteiger charge is -2.27. The topological polar surface area (TPSA) is 59.4 Å². The van der Waals surface area contributed by atoms with Gasteiger partial charge in [-0.25, -0.2) is 9.78 Å². The summed E-state index contributed by atoms with van der Waals surface area (Å²) in [5.74, 6) is 1.14. The highest BCUT2D eigenvalue weighted by Gasteiger charge is 2.19. The number of aryl methyl sites for hydroxylation is 2. The van der Waals surface area contributed by atoms with Crippen LogP contribution in [0.15, 0.2) is 30.5 Å². The Morgan fingerprint density at radius 1 is 1.12 bits per heavy atom. The lowest BCUT2D eigenvalue weighted by molar-refractivity contribution is 0.0564. The molecule has 1 fully saturated rings. The lowest BCUT2D eigenvalue weighted by atomic mass is 10.1. The van der Waals surface area contributed by atoms with Gasteiger partial charge in [-0.2, -0.15) is 0 Å². The smallest absolute Gasteiger partial charge is 0.322 e. The van der Waals surface area contributed by atoms with Crippen LogP contribution in [0.1, 0.15) is 18.7 Å². The van der Waals surface area contributed by atoms with Gasteiger partial charge in [0.15, 0.2) is 0 Å². The predicted octanol–water partition coefficient (Wildman–Crippen LogP) is 2.75. The van der Waals surface area contributed by atoms with Crippen LogP contribution in [0.5, 0.6) is 0 Å². The van der Waals surface area contributed by atoms with Crippen LogP contribution in [-0.2, 0) is 17.7 Å². The number of nitrogens with one attached hydrogen (secondary N) is 1. The van der Waals surface area contributed by atoms with Crippen LogP contribution in [0.3, 0.4) is 0 Å². The minimum atomic E-state index is -0.0743. The Morgan fingerprint density at radius 3 is 2.79 bits per heavy atom. The van der Waals surface area contributed by atoms with E-state index in [4.69, 9.17) is 9.72 Å². The number of hydrogen-bond donors (Lipinski definition) is 1. The number of carbonyl (C=O) groups is 1. The van der Waals surface area contributed by atoms with Crippen molar-refractivity contribution in [3.63, 3.8) is 0 Å². The van der Waals surface area contributed by atoms with E-state index >= 15 is 0 Å². The summed E-state index contributed by atoms with van der Waals surface area (Å²) >= 11 is 0. The molecule has 0 aliphatic carbocycles. The molecule has 24 heavy (non-hydrogen) atoms. The van der Waals surface area contributed by atoms with Gasteiger partial charge in [-0.05, 0) is 18.9 Å². The number of nitrogens with zero attached hydrogens (tertiary/aromatic N) is 3. The van der Waals surface area contributed by atoms with E-state index in [1.807, 2.05) is 24.3 Å². The van der Waals surface area contributed by atoms with E-state index in [9.17, 15) is 4.79 Å². The van der Waals surface area contributed by atoms with Crippen molar-refractivity contribution in [2.75, 3.05) is 31.6 Å². The molecule has 6 nitrogen and oxygen atoms in total. The molecular formula is C18H22N4O2. The summed E-state index contributed by atoms with van der Waals surface area (Å²) in [7, 11) is 0. The number of rotatable bonds is 2. The molecule has 0 saturated carbocycles. The van der Waals surface area contributed by atoms with Crippen molar-refractivity contribution < 1.29 is 9.53 Å². The molecule has 2 amide bonds. The Kier molecular flexibility index (Phi) is 4.21. The maximum Gasteiger partial charge on any atom is 0.322 e. The fourth-order valence-corrected chi connectivity index (χ4v) is 3.32. The molecule has 0 spiro atoms. The molecule has 2 aliphatic heterocycles. The number of para-hydroxylation sites is 1. The zero-order valence-corrected chi connectivity index (χ0v) is 13.7. The number of ether oxygens (including phenoxy) is 1. The van der Waals surface area contributed by atoms with Crippen LogP contribution < -0.4 is 5.32 Å². The molecule has 1 N–H and O–H groups in total. The monoisotopic (exact) mass is 326 g/mol. The summed E-state index contributed by atoms with van der Waals surface area (Å²) < 4.78 is 7.54. The van der Waals surface area contributed by atoms with Crippen LogP contribution in [-0.4, -0.2) is 46.8 Å². The van der Waals surface area contributed by atoms with E-state index in [0.29, 0.717) is 26.3 Å². The van der Waals surface area contributed by atoms with Crippen LogP contribution in [0.4, 0.5) is 10.5 Å². The Bertz CT molecular complexity index is 711. The zero-order valence-electron chi connectivity index (χ0n) is 13.7. The summed E-state index contributed by atoms with van der Waals surface area (Å²) in [6, 6.07) is 7.80. The van der Waals surface area contributed by atoms with Crippen molar-refractivity contribution in [1.82, 2.24) is 14.5 Å². The Balaban J connectivity index is 1.58. The minimum Gasteiger partial charge on any atom is -0.378 e. The van der Waals surface area contributed by atoms with Gasteiger partial charge in [0.1, 0.15) is 5.82 Å². The molecular weight excluding hydrogens is 304 g/mol. The van der Waals surface area contributed by atoms with Gasteiger partial charge < -0.3 is 19.5 Å². The average Bonchev–Trinajstić information content (AvgIpc) is 3.07. The first kappa shape index (κ1) is 15.2. The largest absolute Gasteiger partial charge is 0.378 e. The van der Waals surface area contributed by atoms with E-state index in [1.165, 1.54) is 12.8 Å². The number of hydrogen-bond acceptors (Lipinski definition) is 3.